The Balaban J connectivity index is 2.36. The van der Waals surface area contributed by atoms with Gasteiger partial charge in [-0.3, -0.25) is 5.73 Å². The van der Waals surface area contributed by atoms with Crippen LogP contribution >= 0.6 is 0 Å². The average molecular weight is 222 g/mol. The Morgan fingerprint density at radius 2 is 1.81 bits per heavy atom. The van der Waals surface area contributed by atoms with Crippen molar-refractivity contribution < 1.29 is 8.78 Å². The van der Waals surface area contributed by atoms with E-state index in [1.165, 1.54) is 12.2 Å². The van der Waals surface area contributed by atoms with Gasteiger partial charge in [0.1, 0.15) is 5.83 Å². The van der Waals surface area contributed by atoms with Crippen molar-refractivity contribution in [2.45, 2.75) is 12.2 Å². The molecule has 4 heteroatoms. The minimum absolute atomic E-state index is 0.360. The zero-order valence-electron chi connectivity index (χ0n) is 8.58. The topological polar surface area (TPSA) is 52.0 Å². The Kier molecular flexibility index (Phi) is 2.52. The lowest BCUT2D eigenvalue weighted by Crippen LogP contribution is -2.33. The molecule has 1 unspecified atom stereocenters. The molecule has 0 aromatic heterocycles. The van der Waals surface area contributed by atoms with Crippen molar-refractivity contribution >= 4 is 11.3 Å². The predicted molar refractivity (Wildman–Crippen MR) is 60.7 cm³/mol. The van der Waals surface area contributed by atoms with E-state index in [0.717, 1.165) is 0 Å². The van der Waals surface area contributed by atoms with E-state index in [-0.39, 0.29) is 0 Å². The molecular weight excluding hydrogens is 210 g/mol. The molecule has 0 spiro atoms. The summed E-state index contributed by atoms with van der Waals surface area (Å²) in [6.45, 7) is 0. The number of hydrogen-bond donors (Lipinski definition) is 2. The van der Waals surface area contributed by atoms with Crippen LogP contribution in [0.1, 0.15) is 12.0 Å². The van der Waals surface area contributed by atoms with E-state index in [0.29, 0.717) is 16.8 Å². The Bertz CT molecular complexity index is 458. The van der Waals surface area contributed by atoms with Gasteiger partial charge in [-0.2, -0.15) is 0 Å². The Morgan fingerprint density at radius 1 is 1.19 bits per heavy atom. The Hall–Kier alpha value is -1.68. The first kappa shape index (κ1) is 10.8. The maximum absolute atomic E-state index is 13.6. The molecule has 4 N–H and O–H groups in total. The maximum atomic E-state index is 13.6. The van der Waals surface area contributed by atoms with Gasteiger partial charge in [0.2, 0.25) is 0 Å². The van der Waals surface area contributed by atoms with Gasteiger partial charge in [-0.15, -0.1) is 0 Å². The van der Waals surface area contributed by atoms with Gasteiger partial charge in [0.15, 0.2) is 5.79 Å². The molecule has 0 bridgehead atoms. The molecule has 1 aromatic rings. The predicted octanol–water partition coefficient (Wildman–Crippen LogP) is 2.53. The van der Waals surface area contributed by atoms with Gasteiger partial charge in [-0.05, 0) is 23.8 Å². The van der Waals surface area contributed by atoms with E-state index < -0.39 is 18.0 Å². The van der Waals surface area contributed by atoms with Crippen LogP contribution in [-0.2, 0) is 0 Å². The fraction of sp³-hybridized carbons (Fsp3) is 0.167. The van der Waals surface area contributed by atoms with Gasteiger partial charge < -0.3 is 5.73 Å². The zero-order valence-corrected chi connectivity index (χ0v) is 8.58. The highest BCUT2D eigenvalue weighted by Crippen LogP contribution is 2.32. The lowest BCUT2D eigenvalue weighted by molar-refractivity contribution is 0.224. The normalized spacial score (nSPS) is 24.9. The van der Waals surface area contributed by atoms with E-state index in [2.05, 4.69) is 0 Å². The van der Waals surface area contributed by atoms with Crippen LogP contribution in [-0.4, -0.2) is 5.79 Å². The number of benzene rings is 1. The number of rotatable bonds is 1. The summed E-state index contributed by atoms with van der Waals surface area (Å²) in [4.78, 5) is 0. The fourth-order valence-electron chi connectivity index (χ4n) is 1.62. The van der Waals surface area contributed by atoms with Gasteiger partial charge in [-0.25, -0.2) is 8.78 Å². The van der Waals surface area contributed by atoms with Crippen molar-refractivity contribution in [3.05, 3.63) is 47.8 Å². The second-order valence-corrected chi connectivity index (χ2v) is 3.88. The summed E-state index contributed by atoms with van der Waals surface area (Å²) in [5.74, 6) is -2.63. The Labute approximate surface area is 92.2 Å². The smallest absolute Gasteiger partial charge is 0.184 e. The summed E-state index contributed by atoms with van der Waals surface area (Å²) in [5.41, 5.74) is 12.3. The number of hydrogen-bond acceptors (Lipinski definition) is 2. The molecule has 1 atom stereocenters. The summed E-state index contributed by atoms with van der Waals surface area (Å²) in [5, 5.41) is 0. The number of nitrogens with two attached hydrogens (primary N) is 2. The van der Waals surface area contributed by atoms with E-state index in [4.69, 9.17) is 11.5 Å². The highest BCUT2D eigenvalue weighted by molar-refractivity contribution is 5.77. The first-order valence-electron chi connectivity index (χ1n) is 4.89. The van der Waals surface area contributed by atoms with Crippen LogP contribution in [0, 0.1) is 0 Å². The van der Waals surface area contributed by atoms with Crippen LogP contribution in [0.3, 0.4) is 0 Å². The number of halogens is 2. The third-order valence-electron chi connectivity index (χ3n) is 2.47. The first-order valence-corrected chi connectivity index (χ1v) is 4.89. The van der Waals surface area contributed by atoms with Gasteiger partial charge in [0.25, 0.3) is 0 Å². The highest BCUT2D eigenvalue weighted by atomic mass is 19.2. The summed E-state index contributed by atoms with van der Waals surface area (Å²) < 4.78 is 26.9. The van der Waals surface area contributed by atoms with Gasteiger partial charge >= 0.3 is 0 Å². The Morgan fingerprint density at radius 3 is 2.38 bits per heavy atom. The van der Waals surface area contributed by atoms with Crippen molar-refractivity contribution in [1.82, 2.24) is 0 Å². The van der Waals surface area contributed by atoms with E-state index in [9.17, 15) is 8.78 Å². The molecule has 0 amide bonds. The molecule has 0 aliphatic heterocycles. The van der Waals surface area contributed by atoms with Crippen molar-refractivity contribution in [1.29, 1.82) is 0 Å². The molecular formula is C12H12F2N2. The van der Waals surface area contributed by atoms with Crippen LogP contribution in [0.4, 0.5) is 14.5 Å². The largest absolute Gasteiger partial charge is 0.399 e. The number of anilines is 1. The minimum Gasteiger partial charge on any atom is -0.399 e. The first-order chi connectivity index (χ1) is 7.48. The molecule has 1 aliphatic rings. The molecule has 0 heterocycles. The van der Waals surface area contributed by atoms with Crippen LogP contribution in [0.5, 0.6) is 0 Å². The second kappa shape index (κ2) is 3.72. The lowest BCUT2D eigenvalue weighted by Gasteiger charge is -2.20. The van der Waals surface area contributed by atoms with Crippen molar-refractivity contribution in [2.75, 3.05) is 5.73 Å². The number of allylic oxidation sites excluding steroid dienone is 2. The SMILES string of the molecule is Nc1ccc(C2=C(F)CC(N)(F)C=C2)cc1. The van der Waals surface area contributed by atoms with Crippen LogP contribution in [0.2, 0.25) is 0 Å². The zero-order chi connectivity index (χ0) is 11.8. The molecule has 16 heavy (non-hydrogen) atoms. The van der Waals surface area contributed by atoms with Gasteiger partial charge in [0.05, 0.1) is 6.42 Å². The molecule has 1 aromatic carbocycles. The van der Waals surface area contributed by atoms with Gasteiger partial charge in [0, 0.05) is 11.3 Å². The third kappa shape index (κ3) is 2.12. The molecule has 0 saturated carbocycles. The van der Waals surface area contributed by atoms with E-state index in [1.54, 1.807) is 24.3 Å². The van der Waals surface area contributed by atoms with E-state index >= 15 is 0 Å². The summed E-state index contributed by atoms with van der Waals surface area (Å²) in [6.07, 6.45) is 2.11. The quantitative estimate of drug-likeness (QED) is 0.566. The van der Waals surface area contributed by atoms with Crippen LogP contribution in [0.15, 0.2) is 42.2 Å². The van der Waals surface area contributed by atoms with Crippen molar-refractivity contribution in [3.8, 4) is 0 Å². The average Bonchev–Trinajstić information content (AvgIpc) is 2.19. The monoisotopic (exact) mass is 222 g/mol. The summed E-state index contributed by atoms with van der Waals surface area (Å²) in [6, 6.07) is 6.72. The lowest BCUT2D eigenvalue weighted by atomic mass is 9.95. The molecule has 0 fully saturated rings. The number of alkyl halides is 1. The van der Waals surface area contributed by atoms with E-state index in [1.807, 2.05) is 0 Å². The number of nitrogen functional groups attached to an aromatic ring is 1. The summed E-state index contributed by atoms with van der Waals surface area (Å²) >= 11 is 0. The molecule has 2 nitrogen and oxygen atoms in total. The van der Waals surface area contributed by atoms with Crippen molar-refractivity contribution in [2.24, 2.45) is 5.73 Å². The van der Waals surface area contributed by atoms with Crippen LogP contribution < -0.4 is 11.5 Å². The molecule has 0 radical (unpaired) electrons. The maximum Gasteiger partial charge on any atom is 0.184 e. The van der Waals surface area contributed by atoms with Crippen LogP contribution in [0.25, 0.3) is 5.57 Å². The van der Waals surface area contributed by atoms with Gasteiger partial charge in [-0.1, -0.05) is 18.2 Å². The van der Waals surface area contributed by atoms with Crippen molar-refractivity contribution in [3.63, 3.8) is 0 Å². The standard InChI is InChI=1S/C12H12F2N2/c13-11-7-12(14,16)6-5-10(11)8-1-3-9(15)4-2-8/h1-6H,7,15-16H2. The molecule has 1 aliphatic carbocycles. The molecule has 0 saturated heterocycles. The summed E-state index contributed by atoms with van der Waals surface area (Å²) in [7, 11) is 0. The third-order valence-corrected chi connectivity index (χ3v) is 2.47. The molecule has 84 valence electrons. The molecule has 2 rings (SSSR count). The second-order valence-electron chi connectivity index (χ2n) is 3.88. The minimum atomic E-state index is -2.08. The fourth-order valence-corrected chi connectivity index (χ4v) is 1.62. The highest BCUT2D eigenvalue weighted by Gasteiger charge is 2.27.